The van der Waals surface area contributed by atoms with Crippen molar-refractivity contribution in [1.82, 2.24) is 14.9 Å². The smallest absolute Gasteiger partial charge is 0.334 e. The number of hydrogen-bond acceptors (Lipinski definition) is 3. The molecule has 4 N–H and O–H groups in total. The van der Waals surface area contributed by atoms with Crippen LogP contribution >= 0.6 is 0 Å². The standard InChI is InChI=1S/C11H14N4O2/c1-2-5-13-10(16)15-9-6-7(12)3-4-8(9)14-11(15)17/h3-4,6H,2,5,12H2,1H3,(H,13,16)(H,14,17). The molecule has 0 bridgehead atoms. The summed E-state index contributed by atoms with van der Waals surface area (Å²) in [5.74, 6) is 0. The van der Waals surface area contributed by atoms with Gasteiger partial charge >= 0.3 is 11.7 Å². The Morgan fingerprint density at radius 1 is 1.53 bits per heavy atom. The van der Waals surface area contributed by atoms with Gasteiger partial charge in [0.1, 0.15) is 0 Å². The van der Waals surface area contributed by atoms with Crippen LogP contribution in [0, 0.1) is 0 Å². The first-order valence-corrected chi connectivity index (χ1v) is 5.42. The molecule has 6 nitrogen and oxygen atoms in total. The summed E-state index contributed by atoms with van der Waals surface area (Å²) in [5.41, 5.74) is 6.77. The van der Waals surface area contributed by atoms with Crippen LogP contribution in [-0.4, -0.2) is 22.1 Å². The second kappa shape index (κ2) is 4.32. The number of carbonyl (C=O) groups is 1. The van der Waals surface area contributed by atoms with Crippen molar-refractivity contribution in [2.45, 2.75) is 13.3 Å². The maximum atomic E-state index is 11.8. The average Bonchev–Trinajstić information content (AvgIpc) is 2.61. The number of imidazole rings is 1. The lowest BCUT2D eigenvalue weighted by Crippen LogP contribution is -2.35. The summed E-state index contributed by atoms with van der Waals surface area (Å²) in [7, 11) is 0. The number of aromatic amines is 1. The number of aromatic nitrogens is 2. The third-order valence-electron chi connectivity index (χ3n) is 2.44. The number of fused-ring (bicyclic) bond motifs is 1. The Labute approximate surface area is 97.4 Å². The van der Waals surface area contributed by atoms with Crippen LogP contribution in [0.15, 0.2) is 23.0 Å². The van der Waals surface area contributed by atoms with Gasteiger partial charge in [0.15, 0.2) is 0 Å². The quantitative estimate of drug-likeness (QED) is 0.673. The number of nitrogens with one attached hydrogen (secondary N) is 2. The van der Waals surface area contributed by atoms with Gasteiger partial charge in [-0.05, 0) is 24.6 Å². The minimum atomic E-state index is -0.459. The van der Waals surface area contributed by atoms with Crippen LogP contribution in [0.5, 0.6) is 0 Å². The summed E-state index contributed by atoms with van der Waals surface area (Å²) in [6.45, 7) is 2.47. The maximum Gasteiger partial charge on any atom is 0.334 e. The van der Waals surface area contributed by atoms with Gasteiger partial charge < -0.3 is 16.0 Å². The Morgan fingerprint density at radius 2 is 2.29 bits per heavy atom. The van der Waals surface area contributed by atoms with E-state index in [1.54, 1.807) is 18.2 Å². The van der Waals surface area contributed by atoms with Crippen LogP contribution < -0.4 is 16.7 Å². The number of rotatable bonds is 2. The van der Waals surface area contributed by atoms with E-state index in [1.807, 2.05) is 6.92 Å². The van der Waals surface area contributed by atoms with Gasteiger partial charge in [0, 0.05) is 12.2 Å². The van der Waals surface area contributed by atoms with E-state index in [0.29, 0.717) is 23.3 Å². The molecule has 0 atom stereocenters. The van der Waals surface area contributed by atoms with Crippen molar-refractivity contribution in [2.24, 2.45) is 0 Å². The summed E-state index contributed by atoms with van der Waals surface area (Å²) >= 11 is 0. The molecule has 0 saturated carbocycles. The molecule has 17 heavy (non-hydrogen) atoms. The number of benzene rings is 1. The van der Waals surface area contributed by atoms with Gasteiger partial charge in [-0.3, -0.25) is 0 Å². The molecule has 0 unspecified atom stereocenters. The zero-order valence-electron chi connectivity index (χ0n) is 9.49. The van der Waals surface area contributed by atoms with Crippen molar-refractivity contribution in [1.29, 1.82) is 0 Å². The topological polar surface area (TPSA) is 92.9 Å². The molecule has 0 aliphatic carbocycles. The molecule has 0 aliphatic heterocycles. The van der Waals surface area contributed by atoms with Crippen LogP contribution in [0.2, 0.25) is 0 Å². The van der Waals surface area contributed by atoms with Gasteiger partial charge in [-0.1, -0.05) is 6.92 Å². The van der Waals surface area contributed by atoms with Crippen LogP contribution in [0.4, 0.5) is 10.5 Å². The molecule has 2 aromatic rings. The Bertz CT molecular complexity index is 611. The number of hydrogen-bond donors (Lipinski definition) is 3. The van der Waals surface area contributed by atoms with E-state index in [0.717, 1.165) is 11.0 Å². The highest BCUT2D eigenvalue weighted by molar-refractivity contribution is 5.90. The third-order valence-corrected chi connectivity index (χ3v) is 2.44. The van der Waals surface area contributed by atoms with Crippen LogP contribution in [0.25, 0.3) is 11.0 Å². The summed E-state index contributed by atoms with van der Waals surface area (Å²) in [5, 5.41) is 2.65. The molecule has 0 saturated heterocycles. The number of H-pyrrole nitrogens is 1. The molecule has 1 heterocycles. The molecule has 0 radical (unpaired) electrons. The molecule has 1 aromatic carbocycles. The normalized spacial score (nSPS) is 10.6. The maximum absolute atomic E-state index is 11.8. The zero-order valence-corrected chi connectivity index (χ0v) is 9.49. The summed E-state index contributed by atoms with van der Waals surface area (Å²) in [6.07, 6.45) is 0.811. The summed E-state index contributed by atoms with van der Waals surface area (Å²) < 4.78 is 1.06. The fraction of sp³-hybridized carbons (Fsp3) is 0.273. The van der Waals surface area contributed by atoms with E-state index < -0.39 is 11.7 Å². The van der Waals surface area contributed by atoms with E-state index in [2.05, 4.69) is 10.3 Å². The molecule has 90 valence electrons. The van der Waals surface area contributed by atoms with Crippen molar-refractivity contribution < 1.29 is 4.79 Å². The molecule has 0 spiro atoms. The molecule has 6 heteroatoms. The number of amides is 1. The Morgan fingerprint density at radius 3 is 3.00 bits per heavy atom. The monoisotopic (exact) mass is 234 g/mol. The minimum absolute atomic E-state index is 0.436. The van der Waals surface area contributed by atoms with E-state index in [9.17, 15) is 9.59 Å². The molecule has 1 aromatic heterocycles. The number of nitrogen functional groups attached to an aromatic ring is 1. The predicted molar refractivity (Wildman–Crippen MR) is 66.1 cm³/mol. The van der Waals surface area contributed by atoms with Gasteiger partial charge in [0.25, 0.3) is 0 Å². The van der Waals surface area contributed by atoms with Crippen LogP contribution in [0.1, 0.15) is 13.3 Å². The van der Waals surface area contributed by atoms with Gasteiger partial charge in [0.2, 0.25) is 0 Å². The second-order valence-electron chi connectivity index (χ2n) is 3.77. The van der Waals surface area contributed by atoms with Gasteiger partial charge in [-0.15, -0.1) is 0 Å². The highest BCUT2D eigenvalue weighted by atomic mass is 16.2. The highest BCUT2D eigenvalue weighted by Gasteiger charge is 2.13. The lowest BCUT2D eigenvalue weighted by atomic mass is 10.3. The van der Waals surface area contributed by atoms with Gasteiger partial charge in [-0.25, -0.2) is 14.2 Å². The molecular weight excluding hydrogens is 220 g/mol. The van der Waals surface area contributed by atoms with Gasteiger partial charge in [0.05, 0.1) is 11.0 Å². The molecule has 0 fully saturated rings. The number of carbonyl (C=O) groups excluding carboxylic acids is 1. The number of nitrogens with zero attached hydrogens (tertiary/aromatic N) is 1. The fourth-order valence-corrected chi connectivity index (χ4v) is 1.63. The average molecular weight is 234 g/mol. The van der Waals surface area contributed by atoms with E-state index in [-0.39, 0.29) is 0 Å². The lowest BCUT2D eigenvalue weighted by molar-refractivity contribution is 0.242. The third kappa shape index (κ3) is 2.01. The summed E-state index contributed by atoms with van der Waals surface area (Å²) in [4.78, 5) is 26.1. The predicted octanol–water partition coefficient (Wildman–Crippen LogP) is 0.879. The van der Waals surface area contributed by atoms with Crippen LogP contribution in [0.3, 0.4) is 0 Å². The fourth-order valence-electron chi connectivity index (χ4n) is 1.63. The SMILES string of the molecule is CCCNC(=O)n1c(=O)[nH]c2ccc(N)cc21. The molecule has 1 amide bonds. The molecular formula is C11H14N4O2. The second-order valence-corrected chi connectivity index (χ2v) is 3.77. The van der Waals surface area contributed by atoms with Gasteiger partial charge in [-0.2, -0.15) is 0 Å². The van der Waals surface area contributed by atoms with E-state index in [1.165, 1.54) is 0 Å². The first-order valence-electron chi connectivity index (χ1n) is 5.42. The van der Waals surface area contributed by atoms with Crippen LogP contribution in [-0.2, 0) is 0 Å². The Balaban J connectivity index is 2.52. The first-order chi connectivity index (χ1) is 8.13. The Kier molecular flexibility index (Phi) is 2.86. The van der Waals surface area contributed by atoms with Crippen molar-refractivity contribution in [3.05, 3.63) is 28.7 Å². The Hall–Kier alpha value is -2.24. The van der Waals surface area contributed by atoms with E-state index in [4.69, 9.17) is 5.73 Å². The van der Waals surface area contributed by atoms with Crippen molar-refractivity contribution in [2.75, 3.05) is 12.3 Å². The zero-order chi connectivity index (χ0) is 12.4. The number of anilines is 1. The van der Waals surface area contributed by atoms with E-state index >= 15 is 0 Å². The largest absolute Gasteiger partial charge is 0.399 e. The van der Waals surface area contributed by atoms with Crippen molar-refractivity contribution in [3.63, 3.8) is 0 Å². The molecule has 2 rings (SSSR count). The number of nitrogens with two attached hydrogens (primary N) is 1. The lowest BCUT2D eigenvalue weighted by Gasteiger charge is -2.04. The summed E-state index contributed by atoms with van der Waals surface area (Å²) in [6, 6.07) is 4.51. The highest BCUT2D eigenvalue weighted by Crippen LogP contribution is 2.13. The first kappa shape index (κ1) is 11.3. The minimum Gasteiger partial charge on any atom is -0.399 e. The van der Waals surface area contributed by atoms with Crippen molar-refractivity contribution >= 4 is 22.8 Å². The van der Waals surface area contributed by atoms with Crippen molar-refractivity contribution in [3.8, 4) is 0 Å². The molecule has 0 aliphatic rings.